The zero-order valence-electron chi connectivity index (χ0n) is 16.6. The lowest BCUT2D eigenvalue weighted by molar-refractivity contribution is -0.137. The second-order valence-corrected chi connectivity index (χ2v) is 7.15. The molecule has 1 unspecified atom stereocenters. The van der Waals surface area contributed by atoms with E-state index in [-0.39, 0.29) is 23.8 Å². The molecule has 0 spiro atoms. The molecule has 8 nitrogen and oxygen atoms in total. The molecule has 2 aromatic carbocycles. The minimum absolute atomic E-state index is 0.0346. The zero-order chi connectivity index (χ0) is 21.1. The van der Waals surface area contributed by atoms with E-state index in [9.17, 15) is 14.4 Å². The van der Waals surface area contributed by atoms with Gasteiger partial charge in [0.25, 0.3) is 0 Å². The molecule has 30 heavy (non-hydrogen) atoms. The number of rotatable bonds is 5. The largest absolute Gasteiger partial charge is 0.497 e. The highest BCUT2D eigenvalue weighted by molar-refractivity contribution is 5.97. The molecule has 2 amide bonds. The Morgan fingerprint density at radius 3 is 2.70 bits per heavy atom. The van der Waals surface area contributed by atoms with E-state index >= 15 is 0 Å². The fourth-order valence-electron chi connectivity index (χ4n) is 3.74. The second-order valence-electron chi connectivity index (χ2n) is 7.15. The normalized spacial score (nSPS) is 15.9. The van der Waals surface area contributed by atoms with Gasteiger partial charge in [-0.25, -0.2) is 0 Å². The number of carbonyl (C=O) groups excluding carboxylic acids is 2. The smallest absolute Gasteiger partial charge is 0.247 e. The maximum absolute atomic E-state index is 13.0. The van der Waals surface area contributed by atoms with Crippen LogP contribution < -0.4 is 15.5 Å². The molecule has 2 heterocycles. The zero-order valence-corrected chi connectivity index (χ0v) is 16.6. The fraction of sp³-hybridized carbons (Fsp3) is 0.273. The molecule has 0 saturated carbocycles. The van der Waals surface area contributed by atoms with Gasteiger partial charge in [0.1, 0.15) is 18.3 Å². The standard InChI is InChI=1S/C22H22N4O4/c1-30-16-10-8-15(9-11-16)24-22(29)19-7-4-12-25(19)21(28)14-26-18-6-3-2-5-17(18)20(27)13-23-26/h2-3,5-6,8-11,13,19H,4,7,12,14H2,1H3,(H,24,29). The number of aromatic nitrogens is 2. The van der Waals surface area contributed by atoms with E-state index in [1.165, 1.54) is 10.9 Å². The fourth-order valence-corrected chi connectivity index (χ4v) is 3.74. The van der Waals surface area contributed by atoms with Gasteiger partial charge in [-0.05, 0) is 49.2 Å². The lowest BCUT2D eigenvalue weighted by Crippen LogP contribution is -2.44. The van der Waals surface area contributed by atoms with Crippen molar-refractivity contribution in [3.63, 3.8) is 0 Å². The Bertz CT molecular complexity index is 1140. The van der Waals surface area contributed by atoms with Gasteiger partial charge in [0.05, 0.1) is 18.8 Å². The molecule has 0 radical (unpaired) electrons. The highest BCUT2D eigenvalue weighted by atomic mass is 16.5. The number of likely N-dealkylation sites (tertiary alicyclic amines) is 1. The Hall–Kier alpha value is -3.68. The third-order valence-electron chi connectivity index (χ3n) is 5.28. The maximum atomic E-state index is 13.0. The third-order valence-corrected chi connectivity index (χ3v) is 5.28. The summed E-state index contributed by atoms with van der Waals surface area (Å²) in [7, 11) is 1.58. The molecule has 1 atom stereocenters. The predicted molar refractivity (Wildman–Crippen MR) is 112 cm³/mol. The van der Waals surface area contributed by atoms with Crippen molar-refractivity contribution in [1.29, 1.82) is 0 Å². The molecular formula is C22H22N4O4. The number of benzene rings is 2. The van der Waals surface area contributed by atoms with E-state index in [0.717, 1.165) is 6.42 Å². The van der Waals surface area contributed by atoms with Crippen LogP contribution in [0.25, 0.3) is 10.9 Å². The maximum Gasteiger partial charge on any atom is 0.247 e. The van der Waals surface area contributed by atoms with Crippen LogP contribution >= 0.6 is 0 Å². The number of methoxy groups -OCH3 is 1. The molecule has 1 N–H and O–H groups in total. The van der Waals surface area contributed by atoms with Crippen molar-refractivity contribution in [3.05, 3.63) is 65.0 Å². The number of ether oxygens (including phenoxy) is 1. The first-order chi connectivity index (χ1) is 14.6. The Morgan fingerprint density at radius 2 is 1.93 bits per heavy atom. The summed E-state index contributed by atoms with van der Waals surface area (Å²) in [4.78, 5) is 39.4. The lowest BCUT2D eigenvalue weighted by atomic mass is 10.2. The average Bonchev–Trinajstić information content (AvgIpc) is 3.27. The van der Waals surface area contributed by atoms with Crippen molar-refractivity contribution < 1.29 is 14.3 Å². The van der Waals surface area contributed by atoms with Crippen molar-refractivity contribution in [2.24, 2.45) is 0 Å². The third kappa shape index (κ3) is 3.89. The van der Waals surface area contributed by atoms with E-state index < -0.39 is 6.04 Å². The minimum atomic E-state index is -0.537. The van der Waals surface area contributed by atoms with Crippen LogP contribution in [-0.2, 0) is 16.1 Å². The van der Waals surface area contributed by atoms with Crippen LogP contribution in [0.4, 0.5) is 5.69 Å². The first kappa shape index (κ1) is 19.6. The number of amides is 2. The predicted octanol–water partition coefficient (Wildman–Crippen LogP) is 2.03. The number of nitrogens with one attached hydrogen (secondary N) is 1. The van der Waals surface area contributed by atoms with Crippen molar-refractivity contribution in [1.82, 2.24) is 14.7 Å². The molecule has 154 valence electrons. The van der Waals surface area contributed by atoms with Gasteiger partial charge in [-0.1, -0.05) is 12.1 Å². The molecule has 1 saturated heterocycles. The summed E-state index contributed by atoms with van der Waals surface area (Å²) >= 11 is 0. The van der Waals surface area contributed by atoms with Crippen molar-refractivity contribution >= 4 is 28.4 Å². The van der Waals surface area contributed by atoms with E-state index in [1.807, 2.05) is 0 Å². The van der Waals surface area contributed by atoms with Gasteiger partial charge in [-0.15, -0.1) is 0 Å². The monoisotopic (exact) mass is 406 g/mol. The second kappa shape index (κ2) is 8.36. The topological polar surface area (TPSA) is 93.5 Å². The molecule has 1 fully saturated rings. The van der Waals surface area contributed by atoms with Crippen LogP contribution in [0, 0.1) is 0 Å². The summed E-state index contributed by atoms with van der Waals surface area (Å²) in [5.74, 6) is 0.277. The van der Waals surface area contributed by atoms with Crippen LogP contribution in [0.3, 0.4) is 0 Å². The lowest BCUT2D eigenvalue weighted by Gasteiger charge is -2.24. The molecule has 8 heteroatoms. The number of fused-ring (bicyclic) bond motifs is 1. The molecule has 4 rings (SSSR count). The Balaban J connectivity index is 1.49. The summed E-state index contributed by atoms with van der Waals surface area (Å²) in [6.45, 7) is 0.477. The van der Waals surface area contributed by atoms with Gasteiger partial charge in [0.15, 0.2) is 0 Å². The van der Waals surface area contributed by atoms with Crippen molar-refractivity contribution in [2.75, 3.05) is 19.0 Å². The summed E-state index contributed by atoms with van der Waals surface area (Å²) in [6.07, 6.45) is 2.57. The minimum Gasteiger partial charge on any atom is -0.497 e. The molecular weight excluding hydrogens is 384 g/mol. The summed E-state index contributed by atoms with van der Waals surface area (Å²) in [5.41, 5.74) is 1.05. The van der Waals surface area contributed by atoms with Gasteiger partial charge in [0, 0.05) is 17.6 Å². The number of hydrogen-bond donors (Lipinski definition) is 1. The van der Waals surface area contributed by atoms with Gasteiger partial charge in [0.2, 0.25) is 17.2 Å². The molecule has 1 aromatic heterocycles. The Labute approximate surface area is 173 Å². The van der Waals surface area contributed by atoms with Gasteiger partial charge in [-0.3, -0.25) is 19.1 Å². The van der Waals surface area contributed by atoms with Gasteiger partial charge in [-0.2, -0.15) is 5.10 Å². The van der Waals surface area contributed by atoms with Gasteiger partial charge >= 0.3 is 0 Å². The van der Waals surface area contributed by atoms with Crippen LogP contribution in [0.2, 0.25) is 0 Å². The highest BCUT2D eigenvalue weighted by Crippen LogP contribution is 2.21. The molecule has 0 aliphatic carbocycles. The van der Waals surface area contributed by atoms with Crippen LogP contribution in [-0.4, -0.2) is 46.2 Å². The quantitative estimate of drug-likeness (QED) is 0.700. The number of anilines is 1. The van der Waals surface area contributed by atoms with E-state index in [1.54, 1.807) is 60.5 Å². The average molecular weight is 406 g/mol. The molecule has 0 bridgehead atoms. The number of para-hydroxylation sites is 1. The van der Waals surface area contributed by atoms with E-state index in [4.69, 9.17) is 4.74 Å². The SMILES string of the molecule is COc1ccc(NC(=O)C2CCCN2C(=O)Cn2ncc(=O)c3ccccc32)cc1. The Kier molecular flexibility index (Phi) is 5.47. The van der Waals surface area contributed by atoms with E-state index in [0.29, 0.717) is 35.3 Å². The van der Waals surface area contributed by atoms with Crippen LogP contribution in [0.15, 0.2) is 59.5 Å². The first-order valence-electron chi connectivity index (χ1n) is 9.76. The summed E-state index contributed by atoms with van der Waals surface area (Å²) in [5, 5.41) is 7.49. The summed E-state index contributed by atoms with van der Waals surface area (Å²) < 4.78 is 6.63. The number of carbonyl (C=O) groups is 2. The molecule has 1 aliphatic rings. The Morgan fingerprint density at radius 1 is 1.17 bits per heavy atom. The van der Waals surface area contributed by atoms with Crippen LogP contribution in [0.1, 0.15) is 12.8 Å². The van der Waals surface area contributed by atoms with Crippen LogP contribution in [0.5, 0.6) is 5.75 Å². The summed E-state index contributed by atoms with van der Waals surface area (Å²) in [6, 6.07) is 13.5. The molecule has 1 aliphatic heterocycles. The van der Waals surface area contributed by atoms with Gasteiger partial charge < -0.3 is 15.0 Å². The van der Waals surface area contributed by atoms with Crippen molar-refractivity contribution in [3.8, 4) is 5.75 Å². The first-order valence-corrected chi connectivity index (χ1v) is 9.76. The number of nitrogens with zero attached hydrogens (tertiary/aromatic N) is 3. The van der Waals surface area contributed by atoms with E-state index in [2.05, 4.69) is 10.4 Å². The highest BCUT2D eigenvalue weighted by Gasteiger charge is 2.34. The van der Waals surface area contributed by atoms with Crippen molar-refractivity contribution in [2.45, 2.75) is 25.4 Å². The number of hydrogen-bond acceptors (Lipinski definition) is 5. The molecule has 3 aromatic rings.